The SMILES string of the molecule is Cc1cccc(C)c1-c1cc2c3sc4cc(-c5cccc(C(C)(C)C)c5)ccc4c3cc3c(-c4c(C)cccc4C)cc4c5sc6cc(-c7cccc(C(C)(C)C)c7)ccc6c5cc1c4c32. The van der Waals surface area contributed by atoms with Crippen molar-refractivity contribution in [3.05, 3.63) is 179 Å². The van der Waals surface area contributed by atoms with Crippen molar-refractivity contribution < 1.29 is 0 Å². The molecule has 322 valence electrons. The summed E-state index contributed by atoms with van der Waals surface area (Å²) >= 11 is 3.93. The number of hydrogen-bond acceptors (Lipinski definition) is 2. The Bertz CT molecular complexity index is 3680. The van der Waals surface area contributed by atoms with E-state index in [4.69, 9.17) is 0 Å². The molecule has 0 saturated heterocycles. The quantitative estimate of drug-likeness (QED) is 0.155. The Morgan fingerprint density at radius 3 is 1.06 bits per heavy atom. The average Bonchev–Trinajstić information content (AvgIpc) is 3.85. The van der Waals surface area contributed by atoms with E-state index in [1.807, 2.05) is 22.7 Å². The Morgan fingerprint density at radius 2 is 0.682 bits per heavy atom. The third-order valence-electron chi connectivity index (χ3n) is 14.6. The van der Waals surface area contributed by atoms with Gasteiger partial charge in [-0.1, -0.05) is 151 Å². The lowest BCUT2D eigenvalue weighted by Gasteiger charge is -2.22. The highest BCUT2D eigenvalue weighted by molar-refractivity contribution is 7.27. The largest absolute Gasteiger partial charge is 0.135 e. The molecule has 0 unspecified atom stereocenters. The van der Waals surface area contributed by atoms with Gasteiger partial charge >= 0.3 is 0 Å². The highest BCUT2D eigenvalue weighted by atomic mass is 32.1. The van der Waals surface area contributed by atoms with Crippen molar-refractivity contribution in [2.24, 2.45) is 0 Å². The van der Waals surface area contributed by atoms with E-state index in [2.05, 4.69) is 215 Å². The summed E-state index contributed by atoms with van der Waals surface area (Å²) in [5.74, 6) is 0. The Balaban J connectivity index is 1.22. The van der Waals surface area contributed by atoms with Gasteiger partial charge in [0.2, 0.25) is 0 Å². The zero-order valence-corrected chi connectivity index (χ0v) is 41.3. The first-order chi connectivity index (χ1) is 31.6. The van der Waals surface area contributed by atoms with E-state index in [0.29, 0.717) is 0 Å². The first-order valence-electron chi connectivity index (χ1n) is 23.5. The third kappa shape index (κ3) is 6.29. The minimum absolute atomic E-state index is 0.0811. The van der Waals surface area contributed by atoms with E-state index in [9.17, 15) is 0 Å². The van der Waals surface area contributed by atoms with E-state index in [1.54, 1.807) is 0 Å². The maximum absolute atomic E-state index is 2.58. The van der Waals surface area contributed by atoms with Crippen LogP contribution in [-0.4, -0.2) is 0 Å². The van der Waals surface area contributed by atoms with Crippen LogP contribution in [0.1, 0.15) is 74.9 Å². The lowest BCUT2D eigenvalue weighted by Crippen LogP contribution is -2.10. The van der Waals surface area contributed by atoms with Crippen LogP contribution in [0.2, 0.25) is 0 Å². The lowest BCUT2D eigenvalue weighted by molar-refractivity contribution is 0.590. The molecule has 0 nitrogen and oxygen atoms in total. The van der Waals surface area contributed by atoms with Crippen LogP contribution in [-0.2, 0) is 10.8 Å². The second-order valence-electron chi connectivity index (χ2n) is 21.1. The molecule has 12 rings (SSSR count). The van der Waals surface area contributed by atoms with Crippen LogP contribution in [0.3, 0.4) is 0 Å². The fourth-order valence-electron chi connectivity index (χ4n) is 11.1. The number of aryl methyl sites for hydroxylation is 4. The van der Waals surface area contributed by atoms with Crippen LogP contribution < -0.4 is 0 Å². The molecular formula is C64H54S2. The normalized spacial score (nSPS) is 12.7. The van der Waals surface area contributed by atoms with Crippen LogP contribution in [0, 0.1) is 27.7 Å². The van der Waals surface area contributed by atoms with Gasteiger partial charge in [-0.25, -0.2) is 0 Å². The van der Waals surface area contributed by atoms with E-state index < -0.39 is 0 Å². The predicted octanol–water partition coefficient (Wildman–Crippen LogP) is 19.8. The number of hydrogen-bond donors (Lipinski definition) is 0. The Morgan fingerprint density at radius 1 is 0.318 bits per heavy atom. The van der Waals surface area contributed by atoms with E-state index >= 15 is 0 Å². The topological polar surface area (TPSA) is 0 Å². The van der Waals surface area contributed by atoms with Gasteiger partial charge in [-0.05, 0) is 174 Å². The standard InChI is InChI=1S/C64H54S2/c1-35-15-11-16-36(2)57(35)47-33-53-60-50(32-52-46-26-24-42(30-56(46)65-61(52)53)40-20-14-22-44(28-40)64(8,9)10)48(58-37(3)17-12-18-38(58)4)34-54-59(60)49(47)31-51-45-25-23-41(29-55(45)66-62(51)54)39-19-13-21-43(27-39)63(5,6)7/h11-34H,1-10H3. The molecule has 12 aromatic rings. The van der Waals surface area contributed by atoms with E-state index in [1.165, 1.54) is 151 Å². The van der Waals surface area contributed by atoms with Gasteiger partial charge in [0.25, 0.3) is 0 Å². The van der Waals surface area contributed by atoms with E-state index in [-0.39, 0.29) is 10.8 Å². The molecule has 0 N–H and O–H groups in total. The Labute approximate surface area is 396 Å². The number of fused-ring (bicyclic) bond motifs is 8. The predicted molar refractivity (Wildman–Crippen MR) is 294 cm³/mol. The van der Waals surface area contributed by atoms with Gasteiger partial charge in [0, 0.05) is 51.1 Å². The van der Waals surface area contributed by atoms with Crippen LogP contribution >= 0.6 is 22.7 Å². The molecule has 0 amide bonds. The summed E-state index contributed by atoms with van der Waals surface area (Å²) in [5, 5.41) is 13.5. The number of thiophene rings is 2. The van der Waals surface area contributed by atoms with Crippen molar-refractivity contribution in [3.63, 3.8) is 0 Å². The third-order valence-corrected chi connectivity index (χ3v) is 17.0. The molecular weight excluding hydrogens is 833 g/mol. The first kappa shape index (κ1) is 41.1. The second kappa shape index (κ2) is 14.6. The average molecular weight is 887 g/mol. The van der Waals surface area contributed by atoms with Crippen molar-refractivity contribution in [1.29, 1.82) is 0 Å². The van der Waals surface area contributed by atoms with Gasteiger partial charge in [-0.15, -0.1) is 22.7 Å². The minimum atomic E-state index is 0.0811. The maximum atomic E-state index is 2.58. The Kier molecular flexibility index (Phi) is 9.09. The summed E-state index contributed by atoms with van der Waals surface area (Å²) in [6.45, 7) is 23.0. The lowest BCUT2D eigenvalue weighted by atomic mass is 9.82. The summed E-state index contributed by atoms with van der Waals surface area (Å²) in [4.78, 5) is 0. The van der Waals surface area contributed by atoms with Crippen LogP contribution in [0.5, 0.6) is 0 Å². The van der Waals surface area contributed by atoms with Gasteiger partial charge < -0.3 is 0 Å². The van der Waals surface area contributed by atoms with Crippen molar-refractivity contribution in [3.8, 4) is 44.5 Å². The zero-order valence-electron chi connectivity index (χ0n) is 39.7. The summed E-state index contributed by atoms with van der Waals surface area (Å²) < 4.78 is 5.39. The van der Waals surface area contributed by atoms with Crippen LogP contribution in [0.25, 0.3) is 117 Å². The molecule has 0 radical (unpaired) electrons. The van der Waals surface area contributed by atoms with Crippen molar-refractivity contribution in [1.82, 2.24) is 0 Å². The van der Waals surface area contributed by atoms with Crippen LogP contribution in [0.4, 0.5) is 0 Å². The second-order valence-corrected chi connectivity index (χ2v) is 23.2. The number of rotatable bonds is 4. The molecule has 2 aromatic heterocycles. The first-order valence-corrected chi connectivity index (χ1v) is 25.1. The van der Waals surface area contributed by atoms with Crippen molar-refractivity contribution in [2.45, 2.75) is 80.1 Å². The molecule has 0 spiro atoms. The fraction of sp³-hybridized carbons (Fsp3) is 0.188. The molecule has 0 bridgehead atoms. The molecule has 0 aliphatic heterocycles. The summed E-state index contributed by atoms with van der Waals surface area (Å²) in [5.41, 5.74) is 18.5. The van der Waals surface area contributed by atoms with Gasteiger partial charge in [0.1, 0.15) is 0 Å². The van der Waals surface area contributed by atoms with Gasteiger partial charge in [-0.3, -0.25) is 0 Å². The summed E-state index contributed by atoms with van der Waals surface area (Å²) in [7, 11) is 0. The van der Waals surface area contributed by atoms with E-state index in [0.717, 1.165) is 0 Å². The zero-order chi connectivity index (χ0) is 45.6. The summed E-state index contributed by atoms with van der Waals surface area (Å²) in [6, 6.07) is 56.5. The molecule has 10 aromatic carbocycles. The monoisotopic (exact) mass is 886 g/mol. The van der Waals surface area contributed by atoms with Crippen molar-refractivity contribution in [2.75, 3.05) is 0 Å². The fourth-order valence-corrected chi connectivity index (χ4v) is 13.6. The highest BCUT2D eigenvalue weighted by Crippen LogP contribution is 2.54. The summed E-state index contributed by atoms with van der Waals surface area (Å²) in [6.07, 6.45) is 0. The van der Waals surface area contributed by atoms with Crippen molar-refractivity contribution >= 4 is 95.3 Å². The molecule has 2 heterocycles. The Hall–Kier alpha value is -6.32. The maximum Gasteiger partial charge on any atom is 0.0434 e. The molecule has 0 aliphatic carbocycles. The van der Waals surface area contributed by atoms with Gasteiger partial charge in [0.15, 0.2) is 0 Å². The minimum Gasteiger partial charge on any atom is -0.135 e. The molecule has 2 heteroatoms. The molecule has 0 saturated carbocycles. The molecule has 0 atom stereocenters. The molecule has 0 aliphatic rings. The smallest absolute Gasteiger partial charge is 0.0434 e. The van der Waals surface area contributed by atoms with Crippen LogP contribution in [0.15, 0.2) is 146 Å². The molecule has 0 fully saturated rings. The molecule has 66 heavy (non-hydrogen) atoms. The van der Waals surface area contributed by atoms with Gasteiger partial charge in [0.05, 0.1) is 0 Å². The highest BCUT2D eigenvalue weighted by Gasteiger charge is 2.26. The number of benzene rings is 10. The van der Waals surface area contributed by atoms with Gasteiger partial charge in [-0.2, -0.15) is 0 Å².